The van der Waals surface area contributed by atoms with E-state index in [9.17, 15) is 0 Å². The molecule has 0 bridgehead atoms. The Balaban J connectivity index is 1.43. The van der Waals surface area contributed by atoms with Crippen LogP contribution in [0.4, 0.5) is 5.69 Å². The monoisotopic (exact) mass is 419 g/mol. The van der Waals surface area contributed by atoms with Crippen molar-refractivity contribution in [1.29, 1.82) is 0 Å². The Kier molecular flexibility index (Phi) is 4.29. The summed E-state index contributed by atoms with van der Waals surface area (Å²) < 4.78 is 7.63. The Bertz CT molecular complexity index is 1490. The molecule has 4 aromatic carbocycles. The predicted octanol–water partition coefficient (Wildman–Crippen LogP) is 8.64. The molecule has 0 radical (unpaired) electrons. The van der Waals surface area contributed by atoms with Gasteiger partial charge in [0.05, 0.1) is 5.69 Å². The molecule has 1 atom stereocenters. The van der Waals surface area contributed by atoms with Gasteiger partial charge in [-0.3, -0.25) is 0 Å². The summed E-state index contributed by atoms with van der Waals surface area (Å²) in [5.41, 5.74) is 5.33. The van der Waals surface area contributed by atoms with Gasteiger partial charge in [0.25, 0.3) is 0 Å². The molecular weight excluding hydrogens is 398 g/mol. The minimum atomic E-state index is 0.189. The van der Waals surface area contributed by atoms with E-state index in [-0.39, 0.29) is 6.04 Å². The van der Waals surface area contributed by atoms with Crippen molar-refractivity contribution in [3.8, 4) is 10.4 Å². The molecule has 0 saturated carbocycles. The molecule has 1 unspecified atom stereocenters. The van der Waals surface area contributed by atoms with Gasteiger partial charge in [0.15, 0.2) is 5.58 Å². The molecule has 0 saturated heterocycles. The van der Waals surface area contributed by atoms with Crippen LogP contribution in [0.3, 0.4) is 0 Å². The van der Waals surface area contributed by atoms with Crippen LogP contribution >= 0.6 is 11.3 Å². The Morgan fingerprint density at radius 2 is 1.61 bits per heavy atom. The summed E-state index contributed by atoms with van der Waals surface area (Å²) >= 11 is 1.83. The summed E-state index contributed by atoms with van der Waals surface area (Å²) in [5.74, 6) is 0. The summed E-state index contributed by atoms with van der Waals surface area (Å²) in [6.07, 6.45) is 0. The predicted molar refractivity (Wildman–Crippen MR) is 133 cm³/mol. The lowest BCUT2D eigenvalue weighted by molar-refractivity contribution is 0.668. The largest absolute Gasteiger partial charge is 0.454 e. The maximum atomic E-state index is 6.31. The lowest BCUT2D eigenvalue weighted by atomic mass is 10.1. The second-order valence-electron chi connectivity index (χ2n) is 7.92. The third-order valence-corrected chi connectivity index (χ3v) is 7.04. The lowest BCUT2D eigenvalue weighted by Gasteiger charge is -2.15. The fourth-order valence-corrected chi connectivity index (χ4v) is 5.31. The summed E-state index contributed by atoms with van der Waals surface area (Å²) in [7, 11) is 0. The van der Waals surface area contributed by atoms with E-state index in [1.807, 2.05) is 17.4 Å². The topological polar surface area (TPSA) is 25.2 Å². The Hall–Kier alpha value is -3.56. The van der Waals surface area contributed by atoms with E-state index in [2.05, 4.69) is 103 Å². The normalized spacial score (nSPS) is 12.5. The van der Waals surface area contributed by atoms with Crippen LogP contribution in [-0.4, -0.2) is 0 Å². The number of fused-ring (bicyclic) bond motifs is 4. The van der Waals surface area contributed by atoms with Crippen LogP contribution in [0.2, 0.25) is 0 Å². The highest BCUT2D eigenvalue weighted by atomic mass is 32.1. The van der Waals surface area contributed by atoms with Crippen molar-refractivity contribution in [3.63, 3.8) is 0 Å². The van der Waals surface area contributed by atoms with Gasteiger partial charge in [-0.25, -0.2) is 0 Å². The van der Waals surface area contributed by atoms with Crippen LogP contribution in [-0.2, 0) is 0 Å². The summed E-state index contributed by atoms with van der Waals surface area (Å²) in [6.45, 7) is 2.18. The molecule has 0 fully saturated rings. The van der Waals surface area contributed by atoms with Gasteiger partial charge in [-0.1, -0.05) is 60.7 Å². The van der Waals surface area contributed by atoms with Crippen molar-refractivity contribution in [2.24, 2.45) is 0 Å². The van der Waals surface area contributed by atoms with E-state index in [0.717, 1.165) is 27.6 Å². The van der Waals surface area contributed by atoms with E-state index in [0.29, 0.717) is 0 Å². The molecule has 150 valence electrons. The molecule has 0 aliphatic carbocycles. The molecule has 31 heavy (non-hydrogen) atoms. The molecular formula is C28H21NOS. The van der Waals surface area contributed by atoms with E-state index in [4.69, 9.17) is 4.42 Å². The van der Waals surface area contributed by atoms with Gasteiger partial charge in [-0.15, -0.1) is 11.3 Å². The van der Waals surface area contributed by atoms with Gasteiger partial charge >= 0.3 is 0 Å². The van der Waals surface area contributed by atoms with Crippen molar-refractivity contribution in [2.75, 3.05) is 5.32 Å². The molecule has 0 aliphatic heterocycles. The molecule has 0 amide bonds. The highest BCUT2D eigenvalue weighted by molar-refractivity contribution is 7.22. The maximum Gasteiger partial charge on any atom is 0.158 e. The number of thiophene rings is 1. The molecule has 6 aromatic rings. The van der Waals surface area contributed by atoms with Gasteiger partial charge in [0.2, 0.25) is 0 Å². The molecule has 0 aliphatic rings. The number of para-hydroxylation sites is 1. The molecule has 2 aromatic heterocycles. The molecule has 2 nitrogen and oxygen atoms in total. The SMILES string of the molecule is CC(Nc1cccc2c1oc1ccc(-c3cc4ccccc4s3)cc12)c1ccccc1. The number of rotatable bonds is 4. The number of anilines is 1. The van der Waals surface area contributed by atoms with Gasteiger partial charge in [0, 0.05) is 26.4 Å². The fraction of sp³-hybridized carbons (Fsp3) is 0.0714. The van der Waals surface area contributed by atoms with Crippen LogP contribution in [0.5, 0.6) is 0 Å². The number of hydrogen-bond donors (Lipinski definition) is 1. The van der Waals surface area contributed by atoms with Crippen LogP contribution in [0.1, 0.15) is 18.5 Å². The quantitative estimate of drug-likeness (QED) is 0.309. The Morgan fingerprint density at radius 3 is 2.48 bits per heavy atom. The third-order valence-electron chi connectivity index (χ3n) is 5.88. The first kappa shape index (κ1) is 18.2. The summed E-state index contributed by atoms with van der Waals surface area (Å²) in [6, 6.07) is 34.4. The van der Waals surface area contributed by atoms with E-state index >= 15 is 0 Å². The highest BCUT2D eigenvalue weighted by Gasteiger charge is 2.14. The molecule has 0 spiro atoms. The minimum absolute atomic E-state index is 0.189. The van der Waals surface area contributed by atoms with Crippen molar-refractivity contribution < 1.29 is 4.42 Å². The van der Waals surface area contributed by atoms with E-state index < -0.39 is 0 Å². The van der Waals surface area contributed by atoms with Gasteiger partial charge in [0.1, 0.15) is 5.58 Å². The third kappa shape index (κ3) is 3.18. The molecule has 6 rings (SSSR count). The number of benzene rings is 4. The van der Waals surface area contributed by atoms with Crippen LogP contribution in [0.25, 0.3) is 42.5 Å². The highest BCUT2D eigenvalue weighted by Crippen LogP contribution is 2.39. The standard InChI is InChI=1S/C28H21NOS/c1-18(19-8-3-2-4-9-19)29-24-12-7-11-22-23-16-21(14-15-25(23)30-28(22)24)27-17-20-10-5-6-13-26(20)31-27/h2-18,29H,1H3. The Labute approximate surface area is 184 Å². The van der Waals surface area contributed by atoms with Crippen molar-refractivity contribution in [2.45, 2.75) is 13.0 Å². The molecule has 2 heterocycles. The zero-order valence-corrected chi connectivity index (χ0v) is 17.9. The van der Waals surface area contributed by atoms with Crippen LogP contribution in [0, 0.1) is 0 Å². The van der Waals surface area contributed by atoms with Crippen LogP contribution in [0.15, 0.2) is 101 Å². The molecule has 3 heteroatoms. The summed E-state index contributed by atoms with van der Waals surface area (Å²) in [4.78, 5) is 1.28. The summed E-state index contributed by atoms with van der Waals surface area (Å²) in [5, 5.41) is 7.22. The lowest BCUT2D eigenvalue weighted by Crippen LogP contribution is -2.06. The Morgan fingerprint density at radius 1 is 0.774 bits per heavy atom. The first-order chi connectivity index (χ1) is 15.3. The zero-order chi connectivity index (χ0) is 20.8. The van der Waals surface area contributed by atoms with Gasteiger partial charge in [-0.2, -0.15) is 0 Å². The first-order valence-electron chi connectivity index (χ1n) is 10.5. The van der Waals surface area contributed by atoms with Crippen LogP contribution < -0.4 is 5.32 Å². The van der Waals surface area contributed by atoms with Gasteiger partial charge < -0.3 is 9.73 Å². The second-order valence-corrected chi connectivity index (χ2v) is 9.00. The van der Waals surface area contributed by atoms with Gasteiger partial charge in [-0.05, 0) is 59.8 Å². The van der Waals surface area contributed by atoms with E-state index in [1.54, 1.807) is 0 Å². The zero-order valence-electron chi connectivity index (χ0n) is 17.1. The minimum Gasteiger partial charge on any atom is -0.454 e. The maximum absolute atomic E-state index is 6.31. The second kappa shape index (κ2) is 7.29. The van der Waals surface area contributed by atoms with Crippen molar-refractivity contribution in [1.82, 2.24) is 0 Å². The number of nitrogens with one attached hydrogen (secondary N) is 1. The first-order valence-corrected chi connectivity index (χ1v) is 11.3. The van der Waals surface area contributed by atoms with Crippen molar-refractivity contribution in [3.05, 3.63) is 103 Å². The van der Waals surface area contributed by atoms with E-state index in [1.165, 1.54) is 26.1 Å². The molecule has 1 N–H and O–H groups in total. The van der Waals surface area contributed by atoms with Crippen molar-refractivity contribution >= 4 is 49.0 Å². The fourth-order valence-electron chi connectivity index (χ4n) is 4.25. The average molecular weight is 420 g/mol. The number of hydrogen-bond acceptors (Lipinski definition) is 3. The smallest absolute Gasteiger partial charge is 0.158 e. The average Bonchev–Trinajstić information content (AvgIpc) is 3.41. The number of furan rings is 1.